The van der Waals surface area contributed by atoms with E-state index in [1.165, 1.54) is 25.7 Å². The van der Waals surface area contributed by atoms with Crippen molar-refractivity contribution in [2.75, 3.05) is 19.0 Å². The smallest absolute Gasteiger partial charge is 0.119 e. The molecular formula is C16H24ClNO. The standard InChI is InChI=1S/C16H24ClNO/c1-14-6-5-9-16(12-14,13-17)18-10-11-19-15-7-3-2-4-8-15/h2-4,7-8,14,18H,5-6,9-13H2,1H3. The summed E-state index contributed by atoms with van der Waals surface area (Å²) >= 11 is 6.20. The molecule has 106 valence electrons. The lowest BCUT2D eigenvalue weighted by atomic mass is 9.77. The van der Waals surface area contributed by atoms with E-state index in [2.05, 4.69) is 12.2 Å². The molecule has 2 unspecified atom stereocenters. The number of alkyl halides is 1. The number of para-hydroxylation sites is 1. The lowest BCUT2D eigenvalue weighted by Crippen LogP contribution is -2.51. The lowest BCUT2D eigenvalue weighted by molar-refractivity contribution is 0.195. The topological polar surface area (TPSA) is 21.3 Å². The molecule has 0 aliphatic heterocycles. The van der Waals surface area contributed by atoms with Gasteiger partial charge in [0.2, 0.25) is 0 Å². The van der Waals surface area contributed by atoms with Crippen molar-refractivity contribution in [3.8, 4) is 5.75 Å². The van der Waals surface area contributed by atoms with Crippen LogP contribution in [0.25, 0.3) is 0 Å². The van der Waals surface area contributed by atoms with Gasteiger partial charge in [0.05, 0.1) is 0 Å². The maximum absolute atomic E-state index is 6.20. The van der Waals surface area contributed by atoms with Crippen LogP contribution in [-0.2, 0) is 0 Å². The first-order chi connectivity index (χ1) is 9.24. The van der Waals surface area contributed by atoms with Crippen LogP contribution in [0.2, 0.25) is 0 Å². The number of rotatable bonds is 6. The van der Waals surface area contributed by atoms with E-state index in [4.69, 9.17) is 16.3 Å². The van der Waals surface area contributed by atoms with E-state index in [1.807, 2.05) is 30.3 Å². The molecule has 0 saturated heterocycles. The number of nitrogens with one attached hydrogen (secondary N) is 1. The molecular weight excluding hydrogens is 258 g/mol. The molecule has 1 aromatic carbocycles. The summed E-state index contributed by atoms with van der Waals surface area (Å²) in [5.41, 5.74) is 0.124. The summed E-state index contributed by atoms with van der Waals surface area (Å²) in [4.78, 5) is 0. The Hall–Kier alpha value is -0.730. The average molecular weight is 282 g/mol. The Morgan fingerprint density at radius 2 is 2.16 bits per heavy atom. The zero-order chi connectivity index (χ0) is 13.6. The zero-order valence-electron chi connectivity index (χ0n) is 11.7. The predicted molar refractivity (Wildman–Crippen MR) is 81.0 cm³/mol. The van der Waals surface area contributed by atoms with Crippen LogP contribution in [0.1, 0.15) is 32.6 Å². The SMILES string of the molecule is CC1CCCC(CCl)(NCCOc2ccccc2)C1. The average Bonchev–Trinajstić information content (AvgIpc) is 2.45. The third-order valence-electron chi connectivity index (χ3n) is 3.96. The monoisotopic (exact) mass is 281 g/mol. The first-order valence-electron chi connectivity index (χ1n) is 7.23. The second kappa shape index (κ2) is 7.16. The molecule has 1 aliphatic carbocycles. The quantitative estimate of drug-likeness (QED) is 0.632. The van der Waals surface area contributed by atoms with Crippen LogP contribution in [-0.4, -0.2) is 24.6 Å². The van der Waals surface area contributed by atoms with Gasteiger partial charge in [-0.15, -0.1) is 11.6 Å². The Morgan fingerprint density at radius 1 is 1.37 bits per heavy atom. The fraction of sp³-hybridized carbons (Fsp3) is 0.625. The molecule has 3 heteroatoms. The van der Waals surface area contributed by atoms with E-state index in [-0.39, 0.29) is 5.54 Å². The van der Waals surface area contributed by atoms with Crippen molar-refractivity contribution in [2.45, 2.75) is 38.1 Å². The van der Waals surface area contributed by atoms with Crippen molar-refractivity contribution in [3.63, 3.8) is 0 Å². The summed E-state index contributed by atoms with van der Waals surface area (Å²) in [5, 5.41) is 3.63. The van der Waals surface area contributed by atoms with Gasteiger partial charge in [0, 0.05) is 18.0 Å². The van der Waals surface area contributed by atoms with Gasteiger partial charge < -0.3 is 10.1 Å². The van der Waals surface area contributed by atoms with Crippen LogP contribution >= 0.6 is 11.6 Å². The zero-order valence-corrected chi connectivity index (χ0v) is 12.5. The third-order valence-corrected chi connectivity index (χ3v) is 4.47. The molecule has 2 nitrogen and oxygen atoms in total. The number of hydrogen-bond acceptors (Lipinski definition) is 2. The molecule has 1 saturated carbocycles. The maximum Gasteiger partial charge on any atom is 0.119 e. The minimum atomic E-state index is 0.124. The van der Waals surface area contributed by atoms with Crippen LogP contribution in [0, 0.1) is 5.92 Å². The molecule has 0 radical (unpaired) electrons. The van der Waals surface area contributed by atoms with Crippen LogP contribution in [0.5, 0.6) is 5.75 Å². The van der Waals surface area contributed by atoms with Gasteiger partial charge in [-0.3, -0.25) is 0 Å². The summed E-state index contributed by atoms with van der Waals surface area (Å²) in [6, 6.07) is 9.95. The number of ether oxygens (including phenoxy) is 1. The van der Waals surface area contributed by atoms with Crippen molar-refractivity contribution >= 4 is 11.6 Å². The molecule has 0 bridgehead atoms. The fourth-order valence-corrected chi connectivity index (χ4v) is 3.33. The predicted octanol–water partition coefficient (Wildman–Crippen LogP) is 3.84. The van der Waals surface area contributed by atoms with Gasteiger partial charge in [-0.05, 0) is 30.9 Å². The van der Waals surface area contributed by atoms with E-state index in [9.17, 15) is 0 Å². The first kappa shape index (κ1) is 14.7. The highest BCUT2D eigenvalue weighted by molar-refractivity contribution is 6.18. The van der Waals surface area contributed by atoms with E-state index < -0.39 is 0 Å². The Bertz CT molecular complexity index is 370. The van der Waals surface area contributed by atoms with Crippen molar-refractivity contribution in [1.82, 2.24) is 5.32 Å². The van der Waals surface area contributed by atoms with Crippen LogP contribution < -0.4 is 10.1 Å². The molecule has 0 spiro atoms. The van der Waals surface area contributed by atoms with E-state index in [1.54, 1.807) is 0 Å². The summed E-state index contributed by atoms with van der Waals surface area (Å²) < 4.78 is 5.71. The molecule has 1 fully saturated rings. The van der Waals surface area contributed by atoms with Gasteiger partial charge in [-0.2, -0.15) is 0 Å². The minimum absolute atomic E-state index is 0.124. The highest BCUT2D eigenvalue weighted by Crippen LogP contribution is 2.33. The van der Waals surface area contributed by atoms with E-state index in [0.29, 0.717) is 12.5 Å². The van der Waals surface area contributed by atoms with Crippen molar-refractivity contribution < 1.29 is 4.74 Å². The Kier molecular flexibility index (Phi) is 5.53. The Balaban J connectivity index is 1.74. The molecule has 19 heavy (non-hydrogen) atoms. The van der Waals surface area contributed by atoms with Gasteiger partial charge in [0.25, 0.3) is 0 Å². The number of benzene rings is 1. The Labute approximate surface area is 121 Å². The molecule has 1 aromatic rings. The molecule has 1 aliphatic rings. The Morgan fingerprint density at radius 3 is 2.84 bits per heavy atom. The maximum atomic E-state index is 6.20. The van der Waals surface area contributed by atoms with Gasteiger partial charge in [0.15, 0.2) is 0 Å². The summed E-state index contributed by atoms with van der Waals surface area (Å²) in [6.45, 7) is 3.87. The second-order valence-electron chi connectivity index (χ2n) is 5.70. The molecule has 0 aromatic heterocycles. The normalized spacial score (nSPS) is 27.2. The van der Waals surface area contributed by atoms with Gasteiger partial charge in [-0.25, -0.2) is 0 Å². The largest absolute Gasteiger partial charge is 0.492 e. The van der Waals surface area contributed by atoms with Gasteiger partial charge in [0.1, 0.15) is 12.4 Å². The summed E-state index contributed by atoms with van der Waals surface area (Å²) in [7, 11) is 0. The van der Waals surface area contributed by atoms with Crippen LogP contribution in [0.3, 0.4) is 0 Å². The highest BCUT2D eigenvalue weighted by atomic mass is 35.5. The molecule has 2 atom stereocenters. The first-order valence-corrected chi connectivity index (χ1v) is 7.76. The van der Waals surface area contributed by atoms with Crippen molar-refractivity contribution in [3.05, 3.63) is 30.3 Å². The van der Waals surface area contributed by atoms with E-state index >= 15 is 0 Å². The molecule has 0 heterocycles. The van der Waals surface area contributed by atoms with Crippen LogP contribution in [0.4, 0.5) is 0 Å². The summed E-state index contributed by atoms with van der Waals surface area (Å²) in [6.07, 6.45) is 4.98. The molecule has 2 rings (SSSR count). The third kappa shape index (κ3) is 4.39. The van der Waals surface area contributed by atoms with Gasteiger partial charge >= 0.3 is 0 Å². The highest BCUT2D eigenvalue weighted by Gasteiger charge is 2.33. The molecule has 1 N–H and O–H groups in total. The second-order valence-corrected chi connectivity index (χ2v) is 5.97. The minimum Gasteiger partial charge on any atom is -0.492 e. The lowest BCUT2D eigenvalue weighted by Gasteiger charge is -2.39. The van der Waals surface area contributed by atoms with E-state index in [0.717, 1.165) is 18.2 Å². The van der Waals surface area contributed by atoms with Crippen molar-refractivity contribution in [1.29, 1.82) is 0 Å². The van der Waals surface area contributed by atoms with Crippen LogP contribution in [0.15, 0.2) is 30.3 Å². The van der Waals surface area contributed by atoms with Gasteiger partial charge in [-0.1, -0.05) is 38.0 Å². The summed E-state index contributed by atoms with van der Waals surface area (Å²) in [5.74, 6) is 2.40. The number of hydrogen-bond donors (Lipinski definition) is 1. The fourth-order valence-electron chi connectivity index (χ4n) is 2.99. The molecule has 0 amide bonds. The van der Waals surface area contributed by atoms with Crippen molar-refractivity contribution in [2.24, 2.45) is 5.92 Å². The number of halogens is 1.